The summed E-state index contributed by atoms with van der Waals surface area (Å²) in [5, 5.41) is 0. The van der Waals surface area contributed by atoms with E-state index >= 15 is 0 Å². The summed E-state index contributed by atoms with van der Waals surface area (Å²) in [6, 6.07) is -2.55. The molecule has 0 spiro atoms. The van der Waals surface area contributed by atoms with Crippen LogP contribution < -0.4 is 17.1 Å². The maximum Gasteiger partial charge on any atom is 0.337 e. The van der Waals surface area contributed by atoms with Crippen LogP contribution in [0.25, 0.3) is 0 Å². The van der Waals surface area contributed by atoms with E-state index in [0.29, 0.717) is 0 Å². The highest BCUT2D eigenvalue weighted by Crippen LogP contribution is 2.33. The van der Waals surface area contributed by atoms with Crippen LogP contribution >= 0.6 is 0 Å². The molecule has 0 N–H and O–H groups in total. The van der Waals surface area contributed by atoms with Crippen molar-refractivity contribution >= 4 is 12.1 Å². The topological polar surface area (TPSA) is 107 Å². The molecule has 168 valence electrons. The van der Waals surface area contributed by atoms with Gasteiger partial charge in [0.15, 0.2) is 0 Å². The fourth-order valence-electron chi connectivity index (χ4n) is 4.05. The summed E-state index contributed by atoms with van der Waals surface area (Å²) in [6.45, 7) is 15.5. The molecule has 1 aromatic rings. The summed E-state index contributed by atoms with van der Waals surface area (Å²) in [5.74, 6) is 0. The van der Waals surface area contributed by atoms with E-state index in [-0.39, 0.29) is 12.5 Å². The fourth-order valence-corrected chi connectivity index (χ4v) is 4.05. The Morgan fingerprint density at radius 1 is 0.633 bits per heavy atom. The van der Waals surface area contributed by atoms with Crippen LogP contribution in [0.2, 0.25) is 0 Å². The van der Waals surface area contributed by atoms with Crippen molar-refractivity contribution in [2.45, 2.75) is 98.4 Å². The van der Waals surface area contributed by atoms with E-state index in [2.05, 4.69) is 0 Å². The summed E-state index contributed by atoms with van der Waals surface area (Å²) < 4.78 is 3.18. The molecule has 1 unspecified atom stereocenters. The molecule has 0 aliphatic carbocycles. The number of rotatable bonds is 7. The first-order chi connectivity index (χ1) is 13.6. The highest BCUT2D eigenvalue weighted by molar-refractivity contribution is 6.12. The monoisotopic (exact) mass is 423 g/mol. The zero-order valence-electron chi connectivity index (χ0n) is 19.3. The number of carbonyl (C=O) groups excluding carboxylic acids is 2. The molecule has 0 bridgehead atoms. The van der Waals surface area contributed by atoms with Crippen LogP contribution in [0, 0.1) is 0 Å². The smallest absolute Gasteiger partial charge is 0.247 e. The van der Waals surface area contributed by atoms with Gasteiger partial charge in [-0.2, -0.15) is 0 Å². The van der Waals surface area contributed by atoms with Gasteiger partial charge in [0, 0.05) is 24.2 Å². The maximum absolute atomic E-state index is 13.0. The lowest BCUT2D eigenvalue weighted by atomic mass is 9.92. The molecular formula is C20H33N5O5. The molecule has 1 aliphatic rings. The molecule has 0 saturated carbocycles. The second kappa shape index (κ2) is 7.88. The zero-order chi connectivity index (χ0) is 23.3. The van der Waals surface area contributed by atoms with Crippen LogP contribution in [0.3, 0.4) is 0 Å². The van der Waals surface area contributed by atoms with Crippen molar-refractivity contribution < 1.29 is 9.59 Å². The molecular weight excluding hydrogens is 390 g/mol. The largest absolute Gasteiger partial charge is 0.337 e. The Balaban J connectivity index is 2.52. The minimum atomic E-state index is -0.924. The Morgan fingerprint density at radius 3 is 1.33 bits per heavy atom. The average Bonchev–Trinajstić information content (AvgIpc) is 2.51. The van der Waals surface area contributed by atoms with E-state index in [1.54, 1.807) is 62.3 Å². The molecule has 0 aromatic carbocycles. The second-order valence-electron chi connectivity index (χ2n) is 9.38. The van der Waals surface area contributed by atoms with Gasteiger partial charge in [0.25, 0.3) is 0 Å². The lowest BCUT2D eigenvalue weighted by Crippen LogP contribution is -2.72. The Kier molecular flexibility index (Phi) is 6.21. The minimum absolute atomic E-state index is 0.181. The Labute approximate surface area is 175 Å². The number of amides is 4. The lowest BCUT2D eigenvalue weighted by molar-refractivity contribution is 0.0461. The molecule has 4 amide bonds. The molecule has 1 aliphatic heterocycles. The van der Waals surface area contributed by atoms with Crippen LogP contribution in [0.4, 0.5) is 9.59 Å². The minimum Gasteiger partial charge on any atom is -0.247 e. The SMILES string of the molecule is CC(C)N1C(=O)N(C(C)(C)CC(C)n2c(=O)n(C(C)C)c(=O)n(C(C)C)c2=O)C1=O. The van der Waals surface area contributed by atoms with Gasteiger partial charge in [-0.05, 0) is 68.7 Å². The summed E-state index contributed by atoms with van der Waals surface area (Å²) in [7, 11) is 0. The van der Waals surface area contributed by atoms with Crippen molar-refractivity contribution in [2.24, 2.45) is 0 Å². The quantitative estimate of drug-likeness (QED) is 0.669. The average molecular weight is 424 g/mol. The van der Waals surface area contributed by atoms with Gasteiger partial charge < -0.3 is 0 Å². The Hall–Kier alpha value is -2.65. The number of aromatic nitrogens is 3. The number of hydrogen-bond acceptors (Lipinski definition) is 5. The number of carbonyl (C=O) groups is 2. The fraction of sp³-hybridized carbons (Fsp3) is 0.750. The Bertz CT molecular complexity index is 965. The molecule has 30 heavy (non-hydrogen) atoms. The van der Waals surface area contributed by atoms with E-state index in [1.807, 2.05) is 0 Å². The molecule has 1 aromatic heterocycles. The van der Waals surface area contributed by atoms with Crippen molar-refractivity contribution in [3.05, 3.63) is 31.5 Å². The first-order valence-electron chi connectivity index (χ1n) is 10.3. The van der Waals surface area contributed by atoms with Gasteiger partial charge >= 0.3 is 29.1 Å². The van der Waals surface area contributed by atoms with Crippen LogP contribution in [-0.2, 0) is 0 Å². The van der Waals surface area contributed by atoms with Crippen molar-refractivity contribution in [3.8, 4) is 0 Å². The van der Waals surface area contributed by atoms with Gasteiger partial charge in [0.2, 0.25) is 0 Å². The third-order valence-corrected chi connectivity index (χ3v) is 5.42. The van der Waals surface area contributed by atoms with E-state index in [1.165, 1.54) is 4.90 Å². The summed E-state index contributed by atoms with van der Waals surface area (Å²) >= 11 is 0. The molecule has 1 saturated heterocycles. The van der Waals surface area contributed by atoms with Crippen LogP contribution in [0.15, 0.2) is 14.4 Å². The third-order valence-electron chi connectivity index (χ3n) is 5.42. The molecule has 1 fully saturated rings. The molecule has 0 radical (unpaired) electrons. The van der Waals surface area contributed by atoms with Gasteiger partial charge in [0.1, 0.15) is 0 Å². The van der Waals surface area contributed by atoms with Gasteiger partial charge in [-0.3, -0.25) is 0 Å². The van der Waals surface area contributed by atoms with E-state index < -0.39 is 52.8 Å². The first-order valence-corrected chi connectivity index (χ1v) is 10.3. The molecule has 10 heteroatoms. The van der Waals surface area contributed by atoms with Crippen LogP contribution in [0.1, 0.15) is 86.9 Å². The van der Waals surface area contributed by atoms with Gasteiger partial charge in [-0.1, -0.05) is 0 Å². The standard InChI is InChI=1S/C20H33N5O5/c1-11(2)21-15(26)22(12(3)4)17(28)24(16(21)27)14(7)10-20(8,9)25-18(29)23(13(5)6)19(25)30/h11-14H,10H2,1-9H3. The normalized spacial score (nSPS) is 16.1. The number of hydrogen-bond donors (Lipinski definition) is 0. The molecule has 2 rings (SSSR count). The van der Waals surface area contributed by atoms with Gasteiger partial charge in [0.05, 0.1) is 5.54 Å². The lowest BCUT2D eigenvalue weighted by Gasteiger charge is -2.49. The van der Waals surface area contributed by atoms with Gasteiger partial charge in [-0.25, -0.2) is 47.5 Å². The summed E-state index contributed by atoms with van der Waals surface area (Å²) in [4.78, 5) is 66.1. The van der Waals surface area contributed by atoms with E-state index in [9.17, 15) is 24.0 Å². The zero-order valence-corrected chi connectivity index (χ0v) is 19.3. The molecule has 1 atom stereocenters. The first kappa shape index (κ1) is 23.6. The van der Waals surface area contributed by atoms with E-state index in [0.717, 1.165) is 18.6 Å². The number of imide groups is 2. The predicted octanol–water partition coefficient (Wildman–Crippen LogP) is 2.33. The second-order valence-corrected chi connectivity index (χ2v) is 9.38. The number of urea groups is 2. The number of nitrogens with zero attached hydrogens (tertiary/aromatic N) is 5. The highest BCUT2D eigenvalue weighted by Gasteiger charge is 2.52. The van der Waals surface area contributed by atoms with Crippen molar-refractivity contribution in [2.75, 3.05) is 0 Å². The third kappa shape index (κ3) is 3.63. The molecule has 2 heterocycles. The highest BCUT2D eigenvalue weighted by atomic mass is 16.2. The van der Waals surface area contributed by atoms with Gasteiger partial charge in [-0.15, -0.1) is 0 Å². The summed E-state index contributed by atoms with van der Waals surface area (Å²) in [6.07, 6.45) is 0.181. The van der Waals surface area contributed by atoms with Crippen LogP contribution in [-0.4, -0.2) is 47.1 Å². The van der Waals surface area contributed by atoms with E-state index in [4.69, 9.17) is 0 Å². The molecule has 10 nitrogen and oxygen atoms in total. The Morgan fingerprint density at radius 2 is 1.00 bits per heavy atom. The van der Waals surface area contributed by atoms with Crippen LogP contribution in [0.5, 0.6) is 0 Å². The van der Waals surface area contributed by atoms with Crippen molar-refractivity contribution in [1.82, 2.24) is 23.5 Å². The predicted molar refractivity (Wildman–Crippen MR) is 113 cm³/mol. The van der Waals surface area contributed by atoms with Crippen molar-refractivity contribution in [3.63, 3.8) is 0 Å². The maximum atomic E-state index is 13.0. The van der Waals surface area contributed by atoms with Crippen molar-refractivity contribution in [1.29, 1.82) is 0 Å². The summed E-state index contributed by atoms with van der Waals surface area (Å²) in [5.41, 5.74) is -2.94.